The van der Waals surface area contributed by atoms with Gasteiger partial charge >= 0.3 is 0 Å². The number of rotatable bonds is 5. The number of benzene rings is 1. The highest BCUT2D eigenvalue weighted by Gasteiger charge is 2.36. The van der Waals surface area contributed by atoms with E-state index in [2.05, 4.69) is 29.3 Å². The number of allylic oxidation sites excluding steroid dienone is 2. The molecule has 0 spiro atoms. The SMILES string of the molecule is COC1=CC(N2CC3=C(CC(c4ccc(CO)cc4)C=C3)C2=O)CC=C1n1cnc(C)c1. The highest BCUT2D eigenvalue weighted by molar-refractivity contribution is 5.98. The molecule has 1 aromatic heterocycles. The van der Waals surface area contributed by atoms with Gasteiger partial charge in [-0.2, -0.15) is 0 Å². The zero-order chi connectivity index (χ0) is 22.2. The van der Waals surface area contributed by atoms with E-state index in [-0.39, 0.29) is 24.5 Å². The molecule has 2 atom stereocenters. The summed E-state index contributed by atoms with van der Waals surface area (Å²) in [5.74, 6) is 1.06. The first-order valence-corrected chi connectivity index (χ1v) is 11.0. The number of imidazole rings is 1. The summed E-state index contributed by atoms with van der Waals surface area (Å²) in [6.07, 6.45) is 13.7. The van der Waals surface area contributed by atoms with Crippen LogP contribution in [-0.2, 0) is 16.1 Å². The van der Waals surface area contributed by atoms with E-state index in [1.54, 1.807) is 13.4 Å². The number of carbonyl (C=O) groups excluding carboxylic acids is 1. The summed E-state index contributed by atoms with van der Waals surface area (Å²) in [6, 6.07) is 7.94. The van der Waals surface area contributed by atoms with Crippen LogP contribution in [0.4, 0.5) is 0 Å². The van der Waals surface area contributed by atoms with Gasteiger partial charge in [0.1, 0.15) is 5.76 Å². The summed E-state index contributed by atoms with van der Waals surface area (Å²) < 4.78 is 7.63. The first-order chi connectivity index (χ1) is 15.6. The van der Waals surface area contributed by atoms with Gasteiger partial charge in [0.2, 0.25) is 0 Å². The molecule has 5 rings (SSSR count). The molecular formula is C26H27N3O3. The molecule has 2 aromatic rings. The monoisotopic (exact) mass is 429 g/mol. The Bertz CT molecular complexity index is 1170. The molecule has 0 fully saturated rings. The first-order valence-electron chi connectivity index (χ1n) is 11.0. The van der Waals surface area contributed by atoms with Crippen LogP contribution in [0.25, 0.3) is 5.70 Å². The lowest BCUT2D eigenvalue weighted by Crippen LogP contribution is -2.37. The Labute approximate surface area is 187 Å². The number of methoxy groups -OCH3 is 1. The Hall–Kier alpha value is -3.38. The third-order valence-electron chi connectivity index (χ3n) is 6.55. The average molecular weight is 430 g/mol. The van der Waals surface area contributed by atoms with E-state index in [0.29, 0.717) is 13.0 Å². The number of nitrogens with zero attached hydrogens (tertiary/aromatic N) is 3. The van der Waals surface area contributed by atoms with Crippen LogP contribution in [0.3, 0.4) is 0 Å². The standard InChI is InChI=1S/C26H27N3O3/c1-17-13-28(16-27-17)24-10-9-22(12-25(24)32-2)29-14-21-8-7-20(11-23(21)26(29)31)19-5-3-18(15-30)4-6-19/h3-8,10,12-13,16,20,22,30H,9,11,14-15H2,1-2H3. The van der Waals surface area contributed by atoms with Gasteiger partial charge in [-0.15, -0.1) is 0 Å². The minimum absolute atomic E-state index is 0.0351. The molecule has 0 bridgehead atoms. The maximum atomic E-state index is 13.4. The van der Waals surface area contributed by atoms with Crippen molar-refractivity contribution >= 4 is 11.6 Å². The number of amides is 1. The third-order valence-corrected chi connectivity index (χ3v) is 6.55. The fourth-order valence-corrected chi connectivity index (χ4v) is 4.76. The molecule has 0 radical (unpaired) electrons. The maximum Gasteiger partial charge on any atom is 0.250 e. The predicted octanol–water partition coefficient (Wildman–Crippen LogP) is 3.71. The van der Waals surface area contributed by atoms with Gasteiger partial charge in [0, 0.05) is 24.2 Å². The number of hydrogen-bond acceptors (Lipinski definition) is 4. The van der Waals surface area contributed by atoms with Gasteiger partial charge in [0.15, 0.2) is 0 Å². The van der Waals surface area contributed by atoms with Crippen molar-refractivity contribution in [3.05, 3.63) is 94.8 Å². The highest BCUT2D eigenvalue weighted by Crippen LogP contribution is 2.38. The molecular weight excluding hydrogens is 402 g/mol. The fourth-order valence-electron chi connectivity index (χ4n) is 4.76. The number of aliphatic hydroxyl groups excluding tert-OH is 1. The third kappa shape index (κ3) is 3.60. The van der Waals surface area contributed by atoms with Crippen LogP contribution in [0.5, 0.6) is 0 Å². The summed E-state index contributed by atoms with van der Waals surface area (Å²) in [5, 5.41) is 9.27. The lowest BCUT2D eigenvalue weighted by atomic mass is 9.86. The Morgan fingerprint density at radius 2 is 2.06 bits per heavy atom. The molecule has 0 saturated carbocycles. The molecule has 1 aliphatic heterocycles. The van der Waals surface area contributed by atoms with Crippen molar-refractivity contribution in [2.24, 2.45) is 0 Å². The fraction of sp³-hybridized carbons (Fsp3) is 0.308. The van der Waals surface area contributed by atoms with Crippen molar-refractivity contribution in [2.45, 2.75) is 38.3 Å². The molecule has 1 N–H and O–H groups in total. The van der Waals surface area contributed by atoms with Crippen LogP contribution in [0.15, 0.2) is 78.0 Å². The van der Waals surface area contributed by atoms with Crippen molar-refractivity contribution in [3.8, 4) is 0 Å². The minimum atomic E-state index is -0.0351. The number of ether oxygens (including phenoxy) is 1. The second kappa shape index (κ2) is 8.28. The maximum absolute atomic E-state index is 13.4. The van der Waals surface area contributed by atoms with E-state index >= 15 is 0 Å². The second-order valence-corrected chi connectivity index (χ2v) is 8.56. The molecule has 1 aromatic carbocycles. The van der Waals surface area contributed by atoms with Crippen LogP contribution in [0.1, 0.15) is 35.6 Å². The number of aliphatic hydroxyl groups is 1. The molecule has 2 unspecified atom stereocenters. The zero-order valence-corrected chi connectivity index (χ0v) is 18.4. The van der Waals surface area contributed by atoms with E-state index in [1.807, 2.05) is 46.9 Å². The number of hydrogen-bond donors (Lipinski definition) is 1. The zero-order valence-electron chi connectivity index (χ0n) is 18.4. The molecule has 1 amide bonds. The number of aryl methyl sites for hydroxylation is 1. The van der Waals surface area contributed by atoms with Gasteiger partial charge in [0.05, 0.1) is 37.5 Å². The highest BCUT2D eigenvalue weighted by atomic mass is 16.5. The van der Waals surface area contributed by atoms with Gasteiger partial charge in [-0.3, -0.25) is 4.79 Å². The van der Waals surface area contributed by atoms with Gasteiger partial charge < -0.3 is 19.3 Å². The van der Waals surface area contributed by atoms with E-state index < -0.39 is 0 Å². The van der Waals surface area contributed by atoms with Gasteiger partial charge in [0.25, 0.3) is 5.91 Å². The van der Waals surface area contributed by atoms with Crippen molar-refractivity contribution < 1.29 is 14.6 Å². The molecule has 2 aliphatic carbocycles. The lowest BCUT2D eigenvalue weighted by molar-refractivity contribution is -0.126. The second-order valence-electron chi connectivity index (χ2n) is 8.56. The predicted molar refractivity (Wildman–Crippen MR) is 122 cm³/mol. The van der Waals surface area contributed by atoms with E-state index in [9.17, 15) is 9.90 Å². The van der Waals surface area contributed by atoms with Gasteiger partial charge in [-0.1, -0.05) is 42.5 Å². The molecule has 6 nitrogen and oxygen atoms in total. The van der Waals surface area contributed by atoms with Crippen molar-refractivity contribution in [2.75, 3.05) is 13.7 Å². The largest absolute Gasteiger partial charge is 0.495 e. The van der Waals surface area contributed by atoms with Gasteiger partial charge in [-0.25, -0.2) is 4.98 Å². The van der Waals surface area contributed by atoms with E-state index in [0.717, 1.165) is 40.3 Å². The average Bonchev–Trinajstić information content (AvgIpc) is 3.41. The summed E-state index contributed by atoms with van der Waals surface area (Å²) in [5.41, 5.74) is 6.00. The Balaban J connectivity index is 1.32. The van der Waals surface area contributed by atoms with Crippen molar-refractivity contribution in [1.29, 1.82) is 0 Å². The minimum Gasteiger partial charge on any atom is -0.495 e. The quantitative estimate of drug-likeness (QED) is 0.787. The summed E-state index contributed by atoms with van der Waals surface area (Å²) in [7, 11) is 1.66. The lowest BCUT2D eigenvalue weighted by Gasteiger charge is -2.29. The molecule has 2 heterocycles. The summed E-state index contributed by atoms with van der Waals surface area (Å²) >= 11 is 0. The van der Waals surface area contributed by atoms with Crippen LogP contribution in [0.2, 0.25) is 0 Å². The van der Waals surface area contributed by atoms with Crippen molar-refractivity contribution in [1.82, 2.24) is 14.5 Å². The normalized spacial score (nSPS) is 22.7. The number of carbonyl (C=O) groups is 1. The molecule has 0 saturated heterocycles. The molecule has 164 valence electrons. The van der Waals surface area contributed by atoms with Crippen LogP contribution < -0.4 is 0 Å². The van der Waals surface area contributed by atoms with Crippen LogP contribution in [0, 0.1) is 6.92 Å². The summed E-state index contributed by atoms with van der Waals surface area (Å²) in [6.45, 7) is 2.63. The topological polar surface area (TPSA) is 67.6 Å². The van der Waals surface area contributed by atoms with E-state index in [1.165, 1.54) is 5.56 Å². The Morgan fingerprint density at radius 3 is 2.75 bits per heavy atom. The first kappa shape index (κ1) is 20.5. The van der Waals surface area contributed by atoms with Crippen LogP contribution >= 0.6 is 0 Å². The van der Waals surface area contributed by atoms with E-state index in [4.69, 9.17) is 4.74 Å². The van der Waals surface area contributed by atoms with Crippen LogP contribution in [-0.4, -0.2) is 45.2 Å². The number of aromatic nitrogens is 2. The van der Waals surface area contributed by atoms with Gasteiger partial charge in [-0.05, 0) is 42.5 Å². The molecule has 3 aliphatic rings. The molecule has 6 heteroatoms. The molecule has 32 heavy (non-hydrogen) atoms. The Kier molecular flexibility index (Phi) is 5.31. The van der Waals surface area contributed by atoms with Crippen molar-refractivity contribution in [3.63, 3.8) is 0 Å². The smallest absolute Gasteiger partial charge is 0.250 e. The summed E-state index contributed by atoms with van der Waals surface area (Å²) in [4.78, 5) is 19.6. The Morgan fingerprint density at radius 1 is 1.25 bits per heavy atom.